The number of ketones is 1. The van der Waals surface area contributed by atoms with E-state index in [1.54, 1.807) is 81.6 Å². The normalized spacial score (nSPS) is 18.6. The number of halogens is 2. The molecule has 8 amide bonds. The molecule has 3 saturated heterocycles. The monoisotopic (exact) mass is 1380 g/mol. The first-order valence-electron chi connectivity index (χ1n) is 33.4. The van der Waals surface area contributed by atoms with E-state index < -0.39 is 120 Å². The third-order valence-electron chi connectivity index (χ3n) is 17.9. The molecule has 5 atom stereocenters. The van der Waals surface area contributed by atoms with Crippen molar-refractivity contribution in [3.8, 4) is 17.1 Å². The molecular weight excluding hydrogens is 1300 g/mol. The Bertz CT molecular complexity index is 4010. The van der Waals surface area contributed by atoms with Gasteiger partial charge in [-0.1, -0.05) is 82.1 Å². The van der Waals surface area contributed by atoms with Crippen LogP contribution < -0.4 is 21.3 Å². The van der Waals surface area contributed by atoms with Crippen LogP contribution in [0.25, 0.3) is 17.1 Å². The molecule has 6 aromatic rings. The average molecular weight is 1380 g/mol. The fraction of sp³-hybridized carbons (Fsp3) is 0.451. The van der Waals surface area contributed by atoms with Crippen LogP contribution in [0.2, 0.25) is 0 Å². The van der Waals surface area contributed by atoms with Crippen molar-refractivity contribution >= 4 is 64.9 Å². The number of hydrogen-bond acceptors (Lipinski definition) is 20. The Morgan fingerprint density at radius 1 is 0.820 bits per heavy atom. The molecule has 11 rings (SSSR count). The Morgan fingerprint density at radius 3 is 2.32 bits per heavy atom. The quantitative estimate of drug-likeness (QED) is 0.0153. The fourth-order valence-electron chi connectivity index (χ4n) is 12.4. The molecule has 4 aliphatic heterocycles. The van der Waals surface area contributed by atoms with Crippen LogP contribution in [-0.2, 0) is 78.4 Å². The van der Waals surface area contributed by atoms with Gasteiger partial charge in [0.15, 0.2) is 5.78 Å². The highest BCUT2D eigenvalue weighted by Gasteiger charge is 2.49. The number of piperidine rings is 1. The molecule has 5 aliphatic rings. The smallest absolute Gasteiger partial charge is 0.410 e. The topological polar surface area (TPSA) is 331 Å². The number of anilines is 1. The molecule has 528 valence electrons. The van der Waals surface area contributed by atoms with Crippen LogP contribution in [0.3, 0.4) is 0 Å². The number of fused-ring (bicyclic) bond motifs is 1. The maximum atomic E-state index is 14.9. The summed E-state index contributed by atoms with van der Waals surface area (Å²) in [6.45, 7) is 5.50. The van der Waals surface area contributed by atoms with Crippen molar-refractivity contribution in [3.05, 3.63) is 148 Å². The lowest BCUT2D eigenvalue weighted by atomic mass is 9.85. The number of carbonyl (C=O) groups is 10. The molecule has 1 unspecified atom stereocenters. The third-order valence-corrected chi connectivity index (χ3v) is 17.9. The van der Waals surface area contributed by atoms with Gasteiger partial charge < -0.3 is 49.0 Å². The number of alkyl halides is 2. The third kappa shape index (κ3) is 17.6. The summed E-state index contributed by atoms with van der Waals surface area (Å²) >= 11 is 0. The van der Waals surface area contributed by atoms with E-state index in [4.69, 9.17) is 28.1 Å². The van der Waals surface area contributed by atoms with E-state index in [1.807, 2.05) is 24.3 Å². The summed E-state index contributed by atoms with van der Waals surface area (Å²) in [7, 11) is 0. The van der Waals surface area contributed by atoms with Gasteiger partial charge in [-0.25, -0.2) is 28.0 Å². The van der Waals surface area contributed by atoms with E-state index in [2.05, 4.69) is 36.3 Å². The van der Waals surface area contributed by atoms with E-state index in [1.165, 1.54) is 45.8 Å². The number of hydrogen-bond donors (Lipinski definition) is 4. The number of rotatable bonds is 31. The van der Waals surface area contributed by atoms with Crippen LogP contribution in [0.1, 0.15) is 138 Å². The summed E-state index contributed by atoms with van der Waals surface area (Å²) in [5.41, 5.74) is 2.30. The summed E-state index contributed by atoms with van der Waals surface area (Å²) in [4.78, 5) is 147. The molecule has 100 heavy (non-hydrogen) atoms. The predicted molar refractivity (Wildman–Crippen MR) is 351 cm³/mol. The first kappa shape index (κ1) is 71.2. The number of pyridine rings is 1. The van der Waals surface area contributed by atoms with Gasteiger partial charge in [-0.15, -0.1) is 0 Å². The Labute approximate surface area is 574 Å². The molecule has 4 fully saturated rings. The van der Waals surface area contributed by atoms with Crippen LogP contribution in [0.4, 0.5) is 19.3 Å². The van der Waals surface area contributed by atoms with Crippen molar-refractivity contribution in [3.63, 3.8) is 0 Å². The highest BCUT2D eigenvalue weighted by atomic mass is 19.3. The molecule has 7 heterocycles. The zero-order chi connectivity index (χ0) is 70.6. The Morgan fingerprint density at radius 2 is 1.58 bits per heavy atom. The number of aromatic nitrogens is 4. The van der Waals surface area contributed by atoms with Crippen molar-refractivity contribution in [2.45, 2.75) is 135 Å². The number of imide groups is 2. The van der Waals surface area contributed by atoms with Crippen LogP contribution in [-0.4, -0.2) is 183 Å². The Balaban J connectivity index is 0.671. The van der Waals surface area contributed by atoms with Crippen molar-refractivity contribution in [1.82, 2.24) is 50.4 Å². The number of benzene rings is 3. The number of likely N-dealkylation sites (tertiary alicyclic amines) is 2. The second-order valence-corrected chi connectivity index (χ2v) is 26.3. The molecule has 4 N–H and O–H groups in total. The van der Waals surface area contributed by atoms with Gasteiger partial charge in [0.1, 0.15) is 61.1 Å². The molecule has 0 radical (unpaired) electrons. The summed E-state index contributed by atoms with van der Waals surface area (Å²) in [6, 6.07) is 19.4. The number of amides is 8. The summed E-state index contributed by atoms with van der Waals surface area (Å²) in [6.07, 6.45) is 4.02. The second-order valence-electron chi connectivity index (χ2n) is 26.3. The molecule has 0 spiro atoms. The van der Waals surface area contributed by atoms with Gasteiger partial charge in [-0.2, -0.15) is 5.10 Å². The fourth-order valence-corrected chi connectivity index (χ4v) is 12.4. The number of nitrogens with one attached hydrogen (secondary N) is 4. The number of carbonyl (C=O) groups excluding carboxylic acids is 10. The van der Waals surface area contributed by atoms with Gasteiger partial charge in [0.25, 0.3) is 18.2 Å². The Kier molecular flexibility index (Phi) is 22.9. The highest BCUT2D eigenvalue weighted by molar-refractivity contribution is 6.25. The van der Waals surface area contributed by atoms with Crippen LogP contribution in [0.15, 0.2) is 108 Å². The second kappa shape index (κ2) is 32.2. The summed E-state index contributed by atoms with van der Waals surface area (Å²) < 4.78 is 64.4. The molecular formula is C71H79F2N11O16. The molecule has 27 nitrogen and oxygen atoms in total. The summed E-state index contributed by atoms with van der Waals surface area (Å²) in [5, 5.41) is 15.1. The van der Waals surface area contributed by atoms with Crippen molar-refractivity contribution < 1.29 is 84.8 Å². The van der Waals surface area contributed by atoms with Crippen molar-refractivity contribution in [2.75, 3.05) is 64.6 Å². The van der Waals surface area contributed by atoms with Crippen LogP contribution in [0.5, 0.6) is 0 Å². The SMILES string of the molecule is CC(C)(C)[C@H](NC(=O)COCCOCCOCCNc1cccc2c1C(=O)N(C1CCC(=O)NC1=O)C2=O)C(=O)N1C[C@H](OC(=O)[C@@H]2CCCN2C(=O)OCc2ccccc2)C[C@H]1C(=O)NCc1ccc(-n2cc(CC(=O)c3coc(-c4ccnc(CCC5CC5)c4)n3)c(C(F)F)n2)cc1. The van der Waals surface area contributed by atoms with Crippen molar-refractivity contribution in [1.29, 1.82) is 0 Å². The molecule has 3 aromatic heterocycles. The molecule has 1 aliphatic carbocycles. The number of esters is 1. The lowest BCUT2D eigenvalue weighted by Crippen LogP contribution is -2.58. The first-order valence-corrected chi connectivity index (χ1v) is 33.4. The van der Waals surface area contributed by atoms with Gasteiger partial charge in [0, 0.05) is 73.8 Å². The molecule has 29 heteroatoms. The maximum Gasteiger partial charge on any atom is 0.410 e. The van der Waals surface area contributed by atoms with E-state index in [0.29, 0.717) is 28.9 Å². The minimum atomic E-state index is -3.01. The summed E-state index contributed by atoms with van der Waals surface area (Å²) in [5.74, 6) is -4.69. The van der Waals surface area contributed by atoms with Gasteiger partial charge in [0.05, 0.1) is 56.4 Å². The average Bonchev–Trinajstić information content (AvgIpc) is 1.60. The zero-order valence-corrected chi connectivity index (χ0v) is 55.6. The van der Waals surface area contributed by atoms with Gasteiger partial charge in [-0.05, 0) is 91.0 Å². The van der Waals surface area contributed by atoms with Crippen molar-refractivity contribution in [2.24, 2.45) is 11.3 Å². The number of aryl methyl sites for hydroxylation is 1. The maximum absolute atomic E-state index is 14.9. The van der Waals surface area contributed by atoms with Crippen LogP contribution in [0, 0.1) is 11.3 Å². The van der Waals surface area contributed by atoms with E-state index in [0.717, 1.165) is 34.9 Å². The number of Topliss-reactive ketones (excluding diaryl/α,β-unsaturated/α-hetero) is 1. The van der Waals surface area contributed by atoms with Gasteiger partial charge in [-0.3, -0.25) is 58.5 Å². The number of ether oxygens (including phenoxy) is 5. The molecule has 0 bridgehead atoms. The van der Waals surface area contributed by atoms with Gasteiger partial charge >= 0.3 is 12.1 Å². The number of oxazole rings is 1. The molecule has 3 aromatic carbocycles. The first-order chi connectivity index (χ1) is 48.2. The predicted octanol–water partition coefficient (Wildman–Crippen LogP) is 6.65. The minimum absolute atomic E-state index is 0.00177. The van der Waals surface area contributed by atoms with Gasteiger partial charge in [0.2, 0.25) is 35.4 Å². The van der Waals surface area contributed by atoms with E-state index in [-0.39, 0.29) is 120 Å². The Hall–Kier alpha value is -10.1. The minimum Gasteiger partial charge on any atom is -0.459 e. The largest absolute Gasteiger partial charge is 0.459 e. The highest BCUT2D eigenvalue weighted by Crippen LogP contribution is 2.36. The zero-order valence-electron chi connectivity index (χ0n) is 55.6. The number of nitrogens with zero attached hydrogens (tertiary/aromatic N) is 7. The lowest BCUT2D eigenvalue weighted by Gasteiger charge is -2.35. The van der Waals surface area contributed by atoms with E-state index >= 15 is 0 Å². The lowest BCUT2D eigenvalue weighted by molar-refractivity contribution is -0.154. The molecule has 1 saturated carbocycles. The van der Waals surface area contributed by atoms with E-state index in [9.17, 15) is 56.7 Å². The van der Waals surface area contributed by atoms with Crippen LogP contribution >= 0.6 is 0 Å². The standard InChI is InChI=1S/C71H79F2N11O16/c1-71(2,3)61(78-58(87)41-97-32-31-96-30-29-95-28-26-75-51-12-7-11-50-59(51)67(91)84(66(50)90)53-22-23-57(86)79-64(53)89)68(92)82-38-49(100-69(93)54-13-8-27-81(54)70(94)99-39-44-9-5-4-6-10-44)35-55(82)63(88)76-36-43-17-20-48(21-18-43)83-37-46(60(80-83)62(72)73)34-56(85)52-40-98-65(77-52)45-24-25-74-47(33-45)19-16-42-14-15-42/h4-7,9-12,17-18,20-21,24-25,33,37,40,42,49,53-55,61-62,75H,8,13-16,19,22-23,26-32,34-36,38-39,41H2,1-3H3,(H,76,88)(H,78,87)(H,79,86,89)/t49-,53?,54+,55+,61-/m1/s1.